The van der Waals surface area contributed by atoms with Gasteiger partial charge in [-0.1, -0.05) is 19.3 Å². The second kappa shape index (κ2) is 2.31. The van der Waals surface area contributed by atoms with Gasteiger partial charge in [0.05, 0.1) is 6.10 Å². The summed E-state index contributed by atoms with van der Waals surface area (Å²) in [5, 5.41) is 8.99. The fourth-order valence-corrected chi connectivity index (χ4v) is 0.926. The van der Waals surface area contributed by atoms with Crippen LogP contribution in [0.3, 0.4) is 0 Å². The number of rotatable bonds is 0. The second-order valence-electron chi connectivity index (χ2n) is 2.09. The SMILES string of the molecule is [2H]C1CCCC[C@@H]1O. The standard InChI is InChI=1S/C6H12O/c7-6-4-2-1-3-5-6/h6-7H,1-5H2/i4D/t4?,6-/m1/s1. The van der Waals surface area contributed by atoms with Crippen molar-refractivity contribution in [3.63, 3.8) is 0 Å². The normalized spacial score (nSPS) is 45.6. The molecular formula is C6H12O. The summed E-state index contributed by atoms with van der Waals surface area (Å²) < 4.78 is 7.23. The van der Waals surface area contributed by atoms with Crippen LogP contribution < -0.4 is 0 Å². The van der Waals surface area contributed by atoms with Crippen LogP contribution in [-0.2, 0) is 0 Å². The van der Waals surface area contributed by atoms with Crippen molar-refractivity contribution in [1.29, 1.82) is 0 Å². The molecule has 1 aliphatic carbocycles. The lowest BCUT2D eigenvalue weighted by molar-refractivity contribution is 0.130. The first-order valence-electron chi connectivity index (χ1n) is 3.49. The Kier molecular flexibility index (Phi) is 1.29. The summed E-state index contributed by atoms with van der Waals surface area (Å²) in [6.07, 6.45) is 3.45. The van der Waals surface area contributed by atoms with Crippen molar-refractivity contribution < 1.29 is 6.48 Å². The van der Waals surface area contributed by atoms with Crippen LogP contribution in [0.4, 0.5) is 0 Å². The first-order chi connectivity index (χ1) is 3.80. The van der Waals surface area contributed by atoms with Gasteiger partial charge >= 0.3 is 0 Å². The van der Waals surface area contributed by atoms with Gasteiger partial charge in [0.1, 0.15) is 0 Å². The molecule has 1 rings (SSSR count). The molecule has 42 valence electrons. The summed E-state index contributed by atoms with van der Waals surface area (Å²) >= 11 is 0. The van der Waals surface area contributed by atoms with Crippen LogP contribution in [0.25, 0.3) is 0 Å². The van der Waals surface area contributed by atoms with Gasteiger partial charge in [-0.3, -0.25) is 0 Å². The lowest BCUT2D eigenvalue weighted by Crippen LogP contribution is -2.09. The van der Waals surface area contributed by atoms with Crippen LogP contribution in [0.2, 0.25) is 0 Å². The average Bonchev–Trinajstić information content (AvgIpc) is 1.77. The van der Waals surface area contributed by atoms with E-state index in [0.29, 0.717) is 0 Å². The molecule has 0 aromatic rings. The van der Waals surface area contributed by atoms with Gasteiger partial charge in [-0.15, -0.1) is 0 Å². The molecule has 0 saturated heterocycles. The van der Waals surface area contributed by atoms with E-state index in [4.69, 9.17) is 6.48 Å². The average molecular weight is 101 g/mol. The molecule has 1 saturated carbocycles. The first-order valence-corrected chi connectivity index (χ1v) is 2.91. The molecule has 0 aromatic heterocycles. The summed E-state index contributed by atoms with van der Waals surface area (Å²) in [5.74, 6) is 0. The molecule has 1 N–H and O–H groups in total. The van der Waals surface area contributed by atoms with Crippen molar-refractivity contribution in [2.75, 3.05) is 0 Å². The lowest BCUT2D eigenvalue weighted by atomic mass is 9.98. The third-order valence-electron chi connectivity index (χ3n) is 1.39. The molecule has 1 heteroatoms. The molecule has 0 spiro atoms. The third kappa shape index (κ3) is 1.48. The summed E-state index contributed by atoms with van der Waals surface area (Å²) in [6.45, 7) is 0. The van der Waals surface area contributed by atoms with Crippen LogP contribution in [0.15, 0.2) is 0 Å². The van der Waals surface area contributed by atoms with Gasteiger partial charge in [0.2, 0.25) is 0 Å². The molecule has 1 unspecified atom stereocenters. The molecule has 2 atom stereocenters. The van der Waals surface area contributed by atoms with E-state index >= 15 is 0 Å². The van der Waals surface area contributed by atoms with Gasteiger partial charge in [0, 0.05) is 1.37 Å². The van der Waals surface area contributed by atoms with E-state index < -0.39 is 0 Å². The third-order valence-corrected chi connectivity index (χ3v) is 1.39. The molecule has 0 heterocycles. The van der Waals surface area contributed by atoms with Crippen LogP contribution in [-0.4, -0.2) is 11.2 Å². The quantitative estimate of drug-likeness (QED) is 0.487. The minimum absolute atomic E-state index is 0.191. The number of aliphatic hydroxyl groups is 1. The molecular weight excluding hydrogens is 88.1 g/mol. The Morgan fingerprint density at radius 2 is 2.29 bits per heavy atom. The Balaban J connectivity index is 2.28. The molecule has 0 bridgehead atoms. The summed E-state index contributed by atoms with van der Waals surface area (Å²) in [7, 11) is 0. The molecule has 0 aliphatic heterocycles. The summed E-state index contributed by atoms with van der Waals surface area (Å²) in [6, 6.07) is 0. The van der Waals surface area contributed by atoms with E-state index in [1.807, 2.05) is 0 Å². The Bertz CT molecular complexity index is 64.9. The van der Waals surface area contributed by atoms with Crippen LogP contribution >= 0.6 is 0 Å². The first kappa shape index (κ1) is 3.90. The molecule has 1 nitrogen and oxygen atoms in total. The van der Waals surface area contributed by atoms with E-state index in [9.17, 15) is 0 Å². The smallest absolute Gasteiger partial charge is 0.0540 e. The van der Waals surface area contributed by atoms with E-state index in [0.717, 1.165) is 25.7 Å². The van der Waals surface area contributed by atoms with Gasteiger partial charge in [-0.05, 0) is 12.8 Å². The highest BCUT2D eigenvalue weighted by Gasteiger charge is 2.07. The maximum atomic E-state index is 8.99. The van der Waals surface area contributed by atoms with Crippen molar-refractivity contribution in [2.24, 2.45) is 0 Å². The van der Waals surface area contributed by atoms with Gasteiger partial charge in [-0.25, -0.2) is 0 Å². The fraction of sp³-hybridized carbons (Fsp3) is 1.00. The maximum absolute atomic E-state index is 8.99. The van der Waals surface area contributed by atoms with Crippen molar-refractivity contribution in [1.82, 2.24) is 0 Å². The largest absolute Gasteiger partial charge is 0.393 e. The van der Waals surface area contributed by atoms with Crippen LogP contribution in [0, 0.1) is 0 Å². The Labute approximate surface area is 45.8 Å². The second-order valence-corrected chi connectivity index (χ2v) is 2.09. The summed E-state index contributed by atoms with van der Waals surface area (Å²) in [4.78, 5) is 0. The molecule has 0 radical (unpaired) electrons. The van der Waals surface area contributed by atoms with E-state index in [2.05, 4.69) is 0 Å². The molecule has 7 heavy (non-hydrogen) atoms. The van der Waals surface area contributed by atoms with E-state index in [1.165, 1.54) is 0 Å². The highest BCUT2D eigenvalue weighted by atomic mass is 16.3. The minimum atomic E-state index is -0.330. The van der Waals surface area contributed by atoms with Crippen LogP contribution in [0.5, 0.6) is 0 Å². The zero-order valence-corrected chi connectivity index (χ0v) is 4.43. The molecule has 0 amide bonds. The van der Waals surface area contributed by atoms with E-state index in [1.54, 1.807) is 0 Å². The highest BCUT2D eigenvalue weighted by molar-refractivity contribution is 4.61. The monoisotopic (exact) mass is 101 g/mol. The Hall–Kier alpha value is -0.0400. The molecule has 1 aliphatic rings. The summed E-state index contributed by atoms with van der Waals surface area (Å²) in [5.41, 5.74) is 0. The zero-order valence-electron chi connectivity index (χ0n) is 5.43. The fourth-order valence-electron chi connectivity index (χ4n) is 0.926. The van der Waals surface area contributed by atoms with Gasteiger partial charge in [0.15, 0.2) is 0 Å². The van der Waals surface area contributed by atoms with Gasteiger partial charge in [0.25, 0.3) is 0 Å². The Morgan fingerprint density at radius 1 is 1.43 bits per heavy atom. The number of hydrogen-bond donors (Lipinski definition) is 1. The molecule has 1 fully saturated rings. The lowest BCUT2D eigenvalue weighted by Gasteiger charge is -2.14. The van der Waals surface area contributed by atoms with Crippen molar-refractivity contribution in [2.45, 2.75) is 38.2 Å². The molecule has 0 aromatic carbocycles. The van der Waals surface area contributed by atoms with Gasteiger partial charge < -0.3 is 5.11 Å². The van der Waals surface area contributed by atoms with Crippen molar-refractivity contribution in [3.05, 3.63) is 0 Å². The van der Waals surface area contributed by atoms with E-state index in [-0.39, 0.29) is 12.5 Å². The maximum Gasteiger partial charge on any atom is 0.0540 e. The van der Waals surface area contributed by atoms with Crippen LogP contribution in [0.1, 0.15) is 33.5 Å². The number of hydrogen-bond acceptors (Lipinski definition) is 1. The highest BCUT2D eigenvalue weighted by Crippen LogP contribution is 2.16. The topological polar surface area (TPSA) is 20.2 Å². The predicted octanol–water partition coefficient (Wildman–Crippen LogP) is 1.31. The van der Waals surface area contributed by atoms with Crippen molar-refractivity contribution in [3.8, 4) is 0 Å². The van der Waals surface area contributed by atoms with Crippen molar-refractivity contribution >= 4 is 0 Å². The number of aliphatic hydroxyl groups excluding tert-OH is 1. The zero-order chi connectivity index (χ0) is 5.98. The minimum Gasteiger partial charge on any atom is -0.393 e. The predicted molar refractivity (Wildman–Crippen MR) is 29.1 cm³/mol. The van der Waals surface area contributed by atoms with Gasteiger partial charge in [-0.2, -0.15) is 0 Å². The Morgan fingerprint density at radius 3 is 2.71 bits per heavy atom.